The number of carbonyl (C=O) groups is 2. The number of nitrogens with one attached hydrogen (secondary N) is 1. The molecule has 128 valence electrons. The molecule has 1 atom stereocenters. The first-order valence-corrected chi connectivity index (χ1v) is 8.35. The smallest absolute Gasteiger partial charge is 0.328 e. The number of rotatable bonds is 6. The number of carboxylic acid groups (broad SMARTS) is 1. The highest BCUT2D eigenvalue weighted by Gasteiger charge is 2.23. The summed E-state index contributed by atoms with van der Waals surface area (Å²) in [6.45, 7) is 1.71. The van der Waals surface area contributed by atoms with E-state index in [0.29, 0.717) is 11.3 Å². The molecule has 3 heterocycles. The highest BCUT2D eigenvalue weighted by Crippen LogP contribution is 2.21. The van der Waals surface area contributed by atoms with Gasteiger partial charge in [0.25, 0.3) is 5.91 Å². The predicted octanol–water partition coefficient (Wildman–Crippen LogP) is 1.59. The summed E-state index contributed by atoms with van der Waals surface area (Å²) >= 11 is 1.57. The van der Waals surface area contributed by atoms with Crippen LogP contribution in [0.15, 0.2) is 41.6 Å². The zero-order valence-electron chi connectivity index (χ0n) is 13.3. The van der Waals surface area contributed by atoms with E-state index in [1.54, 1.807) is 30.4 Å². The van der Waals surface area contributed by atoms with Crippen molar-refractivity contribution in [2.24, 2.45) is 0 Å². The van der Waals surface area contributed by atoms with Crippen molar-refractivity contribution < 1.29 is 14.7 Å². The fourth-order valence-electron chi connectivity index (χ4n) is 2.31. The number of hydrogen-bond donors (Lipinski definition) is 2. The molecular formula is C16H15N5O3S. The van der Waals surface area contributed by atoms with Crippen LogP contribution in [0, 0.1) is 6.92 Å². The Balaban J connectivity index is 1.76. The zero-order chi connectivity index (χ0) is 17.8. The average molecular weight is 357 g/mol. The second-order valence-corrected chi connectivity index (χ2v) is 6.10. The number of carboxylic acids is 1. The molecule has 9 heteroatoms. The van der Waals surface area contributed by atoms with Gasteiger partial charge < -0.3 is 10.4 Å². The van der Waals surface area contributed by atoms with E-state index in [4.69, 9.17) is 0 Å². The standard InChI is InChI=1S/C16H15N5O3S/c1-10-12(2-3-13(19-10)11-4-5-25-7-11)15(22)20-14(16(23)24)6-21-9-17-8-18-21/h2-5,7-9,14H,6H2,1H3,(H,20,22)(H,23,24). The summed E-state index contributed by atoms with van der Waals surface area (Å²) in [5.41, 5.74) is 2.62. The van der Waals surface area contributed by atoms with Crippen molar-refractivity contribution in [3.63, 3.8) is 0 Å². The third kappa shape index (κ3) is 3.89. The maximum absolute atomic E-state index is 12.4. The Kier molecular flexibility index (Phi) is 4.85. The summed E-state index contributed by atoms with van der Waals surface area (Å²) in [6, 6.07) is 4.23. The Labute approximate surface area is 147 Å². The van der Waals surface area contributed by atoms with E-state index < -0.39 is 17.9 Å². The van der Waals surface area contributed by atoms with Crippen LogP contribution in [0.3, 0.4) is 0 Å². The number of pyridine rings is 1. The number of aryl methyl sites for hydroxylation is 1. The van der Waals surface area contributed by atoms with Gasteiger partial charge in [-0.05, 0) is 30.5 Å². The lowest BCUT2D eigenvalue weighted by Crippen LogP contribution is -2.44. The van der Waals surface area contributed by atoms with Crippen LogP contribution in [0.4, 0.5) is 0 Å². The molecule has 0 bridgehead atoms. The van der Waals surface area contributed by atoms with Gasteiger partial charge in [-0.3, -0.25) is 14.5 Å². The Bertz CT molecular complexity index is 877. The van der Waals surface area contributed by atoms with Crippen molar-refractivity contribution in [1.29, 1.82) is 0 Å². The maximum atomic E-state index is 12.4. The molecule has 3 aromatic heterocycles. The molecule has 0 fully saturated rings. The van der Waals surface area contributed by atoms with E-state index in [1.165, 1.54) is 17.3 Å². The molecule has 0 aliphatic heterocycles. The maximum Gasteiger partial charge on any atom is 0.328 e. The molecule has 8 nitrogen and oxygen atoms in total. The van der Waals surface area contributed by atoms with Crippen molar-refractivity contribution >= 4 is 23.2 Å². The monoisotopic (exact) mass is 357 g/mol. The molecule has 2 N–H and O–H groups in total. The first-order chi connectivity index (χ1) is 12.0. The van der Waals surface area contributed by atoms with Crippen LogP contribution >= 0.6 is 11.3 Å². The lowest BCUT2D eigenvalue weighted by Gasteiger charge is -2.15. The summed E-state index contributed by atoms with van der Waals surface area (Å²) in [5, 5.41) is 19.6. The summed E-state index contributed by atoms with van der Waals surface area (Å²) in [5.74, 6) is -1.64. The molecule has 0 spiro atoms. The summed E-state index contributed by atoms with van der Waals surface area (Å²) in [4.78, 5) is 32.0. The quantitative estimate of drug-likeness (QED) is 0.693. The van der Waals surface area contributed by atoms with Crippen molar-refractivity contribution in [3.8, 4) is 11.3 Å². The molecule has 0 aliphatic carbocycles. The molecule has 3 rings (SSSR count). The highest BCUT2D eigenvalue weighted by atomic mass is 32.1. The van der Waals surface area contributed by atoms with E-state index in [1.807, 2.05) is 16.8 Å². The first kappa shape index (κ1) is 16.8. The number of amides is 1. The third-order valence-corrected chi connectivity index (χ3v) is 4.27. The van der Waals surface area contributed by atoms with Crippen molar-refractivity contribution in [2.75, 3.05) is 0 Å². The van der Waals surface area contributed by atoms with Crippen LogP contribution < -0.4 is 5.32 Å². The predicted molar refractivity (Wildman–Crippen MR) is 91.2 cm³/mol. The van der Waals surface area contributed by atoms with Gasteiger partial charge in [-0.1, -0.05) is 0 Å². The normalized spacial score (nSPS) is 11.9. The summed E-state index contributed by atoms with van der Waals surface area (Å²) in [7, 11) is 0. The number of hydrogen-bond acceptors (Lipinski definition) is 6. The van der Waals surface area contributed by atoms with Crippen LogP contribution in [0.1, 0.15) is 16.1 Å². The Hall–Kier alpha value is -3.07. The van der Waals surface area contributed by atoms with E-state index in [9.17, 15) is 14.7 Å². The number of thiophene rings is 1. The molecule has 1 amide bonds. The molecular weight excluding hydrogens is 342 g/mol. The van der Waals surface area contributed by atoms with Gasteiger partial charge in [0.15, 0.2) is 0 Å². The Morgan fingerprint density at radius 1 is 1.36 bits per heavy atom. The number of aliphatic carboxylic acids is 1. The van der Waals surface area contributed by atoms with Crippen LogP contribution in [-0.2, 0) is 11.3 Å². The van der Waals surface area contributed by atoms with Gasteiger partial charge in [0.05, 0.1) is 23.5 Å². The van der Waals surface area contributed by atoms with Gasteiger partial charge in [-0.2, -0.15) is 16.4 Å². The molecule has 0 saturated carbocycles. The minimum Gasteiger partial charge on any atom is -0.480 e. The third-order valence-electron chi connectivity index (χ3n) is 3.59. The van der Waals surface area contributed by atoms with E-state index >= 15 is 0 Å². The zero-order valence-corrected chi connectivity index (χ0v) is 14.1. The topological polar surface area (TPSA) is 110 Å². The number of aromatic nitrogens is 4. The van der Waals surface area contributed by atoms with E-state index in [2.05, 4.69) is 20.4 Å². The van der Waals surface area contributed by atoms with Gasteiger partial charge in [0, 0.05) is 10.9 Å². The lowest BCUT2D eigenvalue weighted by molar-refractivity contribution is -0.139. The van der Waals surface area contributed by atoms with Crippen LogP contribution in [-0.4, -0.2) is 42.8 Å². The van der Waals surface area contributed by atoms with Crippen LogP contribution in [0.25, 0.3) is 11.3 Å². The van der Waals surface area contributed by atoms with Gasteiger partial charge in [0.2, 0.25) is 0 Å². The molecule has 0 saturated heterocycles. The number of carbonyl (C=O) groups excluding carboxylic acids is 1. The second kappa shape index (κ2) is 7.22. The van der Waals surface area contributed by atoms with Crippen molar-refractivity contribution in [3.05, 3.63) is 52.9 Å². The molecule has 0 aromatic carbocycles. The largest absolute Gasteiger partial charge is 0.480 e. The van der Waals surface area contributed by atoms with E-state index in [0.717, 1.165) is 11.3 Å². The van der Waals surface area contributed by atoms with E-state index in [-0.39, 0.29) is 6.54 Å². The summed E-state index contributed by atoms with van der Waals surface area (Å²) < 4.78 is 1.35. The van der Waals surface area contributed by atoms with Crippen molar-refractivity contribution in [2.45, 2.75) is 19.5 Å². The lowest BCUT2D eigenvalue weighted by atomic mass is 10.1. The first-order valence-electron chi connectivity index (χ1n) is 7.41. The molecule has 1 unspecified atom stereocenters. The number of nitrogens with zero attached hydrogens (tertiary/aromatic N) is 4. The fraction of sp³-hybridized carbons (Fsp3) is 0.188. The van der Waals surface area contributed by atoms with Crippen molar-refractivity contribution in [1.82, 2.24) is 25.1 Å². The molecule has 25 heavy (non-hydrogen) atoms. The molecule has 0 aliphatic rings. The summed E-state index contributed by atoms with van der Waals surface area (Å²) in [6.07, 6.45) is 2.70. The van der Waals surface area contributed by atoms with Gasteiger partial charge in [0.1, 0.15) is 18.7 Å². The van der Waals surface area contributed by atoms with Crippen LogP contribution in [0.5, 0.6) is 0 Å². The minimum atomic E-state index is -1.15. The molecule has 3 aromatic rings. The minimum absolute atomic E-state index is 0.0134. The Morgan fingerprint density at radius 2 is 2.20 bits per heavy atom. The Morgan fingerprint density at radius 3 is 2.80 bits per heavy atom. The highest BCUT2D eigenvalue weighted by molar-refractivity contribution is 7.08. The van der Waals surface area contributed by atoms with Gasteiger partial charge in [-0.15, -0.1) is 0 Å². The fourth-order valence-corrected chi connectivity index (χ4v) is 2.96. The van der Waals surface area contributed by atoms with Gasteiger partial charge >= 0.3 is 5.97 Å². The SMILES string of the molecule is Cc1nc(-c2ccsc2)ccc1C(=O)NC(Cn1cncn1)C(=O)O. The molecule has 0 radical (unpaired) electrons. The van der Waals surface area contributed by atoms with Gasteiger partial charge in [-0.25, -0.2) is 9.78 Å². The van der Waals surface area contributed by atoms with Crippen LogP contribution in [0.2, 0.25) is 0 Å². The average Bonchev–Trinajstić information content (AvgIpc) is 3.27. The second-order valence-electron chi connectivity index (χ2n) is 5.32.